The number of anilines is 1. The molecule has 0 aliphatic carbocycles. The van der Waals surface area contributed by atoms with Gasteiger partial charge in [0, 0.05) is 36.6 Å². The van der Waals surface area contributed by atoms with Crippen LogP contribution < -0.4 is 4.90 Å². The van der Waals surface area contributed by atoms with E-state index in [0.29, 0.717) is 43.2 Å². The lowest BCUT2D eigenvalue weighted by atomic mass is 10.1. The fraction of sp³-hybridized carbons (Fsp3) is 0.227. The molecule has 1 amide bonds. The van der Waals surface area contributed by atoms with Crippen LogP contribution in [0, 0.1) is 0 Å². The van der Waals surface area contributed by atoms with Crippen LogP contribution in [0.15, 0.2) is 59.3 Å². The molecular formula is C22H19ClN4O2. The molecule has 1 saturated heterocycles. The minimum atomic E-state index is 0.0920. The third-order valence-corrected chi connectivity index (χ3v) is 5.74. The van der Waals surface area contributed by atoms with Crippen LogP contribution in [0.5, 0.6) is 0 Å². The van der Waals surface area contributed by atoms with Gasteiger partial charge in [-0.2, -0.15) is 0 Å². The van der Waals surface area contributed by atoms with Gasteiger partial charge in [-0.15, -0.1) is 0 Å². The maximum atomic E-state index is 12.7. The van der Waals surface area contributed by atoms with Crippen LogP contribution >= 0.6 is 11.6 Å². The Kier molecular flexibility index (Phi) is 4.56. The van der Waals surface area contributed by atoms with Crippen molar-refractivity contribution in [2.24, 2.45) is 0 Å². The first-order chi connectivity index (χ1) is 14.2. The van der Waals surface area contributed by atoms with Crippen LogP contribution in [0.25, 0.3) is 22.1 Å². The van der Waals surface area contributed by atoms with Crippen molar-refractivity contribution in [3.8, 4) is 0 Å². The Morgan fingerprint density at radius 1 is 1.00 bits per heavy atom. The second-order valence-electron chi connectivity index (χ2n) is 7.11. The Hall–Kier alpha value is -3.12. The van der Waals surface area contributed by atoms with Gasteiger partial charge >= 0.3 is 0 Å². The number of carbonyl (C=O) groups is 1. The molecule has 0 bridgehead atoms. The summed E-state index contributed by atoms with van der Waals surface area (Å²) in [6.07, 6.45) is 1.90. The third-order valence-electron chi connectivity index (χ3n) is 5.37. The van der Waals surface area contributed by atoms with Gasteiger partial charge in [-0.05, 0) is 23.8 Å². The molecule has 0 saturated carbocycles. The van der Waals surface area contributed by atoms with Crippen molar-refractivity contribution in [1.82, 2.24) is 14.9 Å². The summed E-state index contributed by atoms with van der Waals surface area (Å²) in [5, 5.41) is 1.62. The number of fused-ring (bicyclic) bond motifs is 3. The number of hydrogen-bond acceptors (Lipinski definition) is 5. The summed E-state index contributed by atoms with van der Waals surface area (Å²) >= 11 is 6.20. The number of hydrogen-bond donors (Lipinski definition) is 0. The molecule has 0 N–H and O–H groups in total. The molecule has 0 spiro atoms. The molecular weight excluding hydrogens is 388 g/mol. The zero-order valence-electron chi connectivity index (χ0n) is 15.7. The van der Waals surface area contributed by atoms with Gasteiger partial charge in [-0.25, -0.2) is 9.97 Å². The van der Waals surface area contributed by atoms with E-state index in [1.54, 1.807) is 6.33 Å². The average molecular weight is 407 g/mol. The van der Waals surface area contributed by atoms with Gasteiger partial charge in [0.05, 0.1) is 6.42 Å². The Labute approximate surface area is 172 Å². The highest BCUT2D eigenvalue weighted by atomic mass is 35.5. The standard InChI is InChI=1S/C22H19ClN4O2/c23-17-7-3-1-5-15(17)13-19(28)26-9-11-27(12-10-26)22-21-20(24-14-25-22)16-6-2-4-8-18(16)29-21/h1-8,14H,9-13H2. The molecule has 6 nitrogen and oxygen atoms in total. The number of para-hydroxylation sites is 1. The lowest BCUT2D eigenvalue weighted by molar-refractivity contribution is -0.130. The van der Waals surface area contributed by atoms with Crippen molar-refractivity contribution < 1.29 is 9.21 Å². The second kappa shape index (κ2) is 7.37. The molecule has 29 heavy (non-hydrogen) atoms. The number of amides is 1. The summed E-state index contributed by atoms with van der Waals surface area (Å²) in [5.74, 6) is 0.874. The lowest BCUT2D eigenvalue weighted by Gasteiger charge is -2.35. The predicted octanol–water partition coefficient (Wildman–Crippen LogP) is 3.92. The van der Waals surface area contributed by atoms with Crippen LogP contribution in [0.4, 0.5) is 5.82 Å². The van der Waals surface area contributed by atoms with Crippen LogP contribution in [0.3, 0.4) is 0 Å². The first-order valence-corrected chi connectivity index (χ1v) is 9.97. The maximum absolute atomic E-state index is 12.7. The highest BCUT2D eigenvalue weighted by molar-refractivity contribution is 6.31. The first kappa shape index (κ1) is 17.9. The number of benzene rings is 2. The predicted molar refractivity (Wildman–Crippen MR) is 113 cm³/mol. The fourth-order valence-corrected chi connectivity index (χ4v) is 4.02. The van der Waals surface area contributed by atoms with Gasteiger partial charge in [0.15, 0.2) is 11.4 Å². The minimum absolute atomic E-state index is 0.0920. The molecule has 0 unspecified atom stereocenters. The van der Waals surface area contributed by atoms with E-state index in [2.05, 4.69) is 14.9 Å². The van der Waals surface area contributed by atoms with E-state index in [1.807, 2.05) is 53.4 Å². The van der Waals surface area contributed by atoms with Gasteiger partial charge in [0.1, 0.15) is 17.4 Å². The SMILES string of the molecule is O=C(Cc1ccccc1Cl)N1CCN(c2ncnc3c2oc2ccccc23)CC1. The molecule has 7 heteroatoms. The van der Waals surface area contributed by atoms with E-state index in [-0.39, 0.29) is 5.91 Å². The van der Waals surface area contributed by atoms with E-state index in [1.165, 1.54) is 0 Å². The first-order valence-electron chi connectivity index (χ1n) is 9.59. The number of aromatic nitrogens is 2. The summed E-state index contributed by atoms with van der Waals surface area (Å²) in [7, 11) is 0. The molecule has 2 aromatic heterocycles. The van der Waals surface area contributed by atoms with E-state index in [4.69, 9.17) is 16.0 Å². The zero-order chi connectivity index (χ0) is 19.8. The summed E-state index contributed by atoms with van der Waals surface area (Å²) in [5.41, 5.74) is 3.19. The summed E-state index contributed by atoms with van der Waals surface area (Å²) in [6.45, 7) is 2.65. The van der Waals surface area contributed by atoms with Gasteiger partial charge in [0.2, 0.25) is 5.91 Å². The molecule has 1 aliphatic rings. The molecule has 3 heterocycles. The van der Waals surface area contributed by atoms with Gasteiger partial charge in [-0.1, -0.05) is 41.9 Å². The molecule has 1 fully saturated rings. The number of furan rings is 1. The smallest absolute Gasteiger partial charge is 0.227 e. The van der Waals surface area contributed by atoms with Crippen molar-refractivity contribution in [3.63, 3.8) is 0 Å². The Morgan fingerprint density at radius 3 is 2.59 bits per heavy atom. The number of piperazine rings is 1. The van der Waals surface area contributed by atoms with E-state index in [9.17, 15) is 4.79 Å². The van der Waals surface area contributed by atoms with Crippen LogP contribution in [-0.2, 0) is 11.2 Å². The van der Waals surface area contributed by atoms with Crippen molar-refractivity contribution in [1.29, 1.82) is 0 Å². The number of rotatable bonds is 3. The van der Waals surface area contributed by atoms with Crippen molar-refractivity contribution in [2.45, 2.75) is 6.42 Å². The van der Waals surface area contributed by atoms with E-state index in [0.717, 1.165) is 27.9 Å². The number of nitrogens with zero attached hydrogens (tertiary/aromatic N) is 4. The normalized spacial score (nSPS) is 14.7. The summed E-state index contributed by atoms with van der Waals surface area (Å²) in [4.78, 5) is 25.6. The van der Waals surface area contributed by atoms with Crippen LogP contribution in [-0.4, -0.2) is 47.0 Å². The zero-order valence-corrected chi connectivity index (χ0v) is 16.5. The van der Waals surface area contributed by atoms with Crippen molar-refractivity contribution >= 4 is 45.4 Å². The summed E-state index contributed by atoms with van der Waals surface area (Å²) < 4.78 is 6.04. The highest BCUT2D eigenvalue weighted by Gasteiger charge is 2.25. The second-order valence-corrected chi connectivity index (χ2v) is 7.52. The van der Waals surface area contributed by atoms with Gasteiger partial charge < -0.3 is 14.2 Å². The third kappa shape index (κ3) is 3.29. The fourth-order valence-electron chi connectivity index (χ4n) is 3.82. The van der Waals surface area contributed by atoms with Crippen molar-refractivity contribution in [3.05, 3.63) is 65.4 Å². The number of halogens is 1. The number of carbonyl (C=O) groups excluding carboxylic acids is 1. The molecule has 146 valence electrons. The maximum Gasteiger partial charge on any atom is 0.227 e. The summed E-state index contributed by atoms with van der Waals surface area (Å²) in [6, 6.07) is 15.3. The molecule has 1 aliphatic heterocycles. The quantitative estimate of drug-likeness (QED) is 0.516. The minimum Gasteiger partial charge on any atom is -0.450 e. The lowest BCUT2D eigenvalue weighted by Crippen LogP contribution is -2.49. The molecule has 0 radical (unpaired) electrons. The largest absolute Gasteiger partial charge is 0.450 e. The van der Waals surface area contributed by atoms with Gasteiger partial charge in [-0.3, -0.25) is 4.79 Å². The molecule has 5 rings (SSSR count). The Morgan fingerprint density at radius 2 is 1.76 bits per heavy atom. The average Bonchev–Trinajstić information content (AvgIpc) is 3.14. The topological polar surface area (TPSA) is 62.5 Å². The Bertz CT molecular complexity index is 1200. The highest BCUT2D eigenvalue weighted by Crippen LogP contribution is 2.32. The van der Waals surface area contributed by atoms with Gasteiger partial charge in [0.25, 0.3) is 0 Å². The molecule has 0 atom stereocenters. The Balaban J connectivity index is 1.33. The van der Waals surface area contributed by atoms with E-state index < -0.39 is 0 Å². The monoisotopic (exact) mass is 406 g/mol. The van der Waals surface area contributed by atoms with Crippen molar-refractivity contribution in [2.75, 3.05) is 31.1 Å². The van der Waals surface area contributed by atoms with Crippen LogP contribution in [0.2, 0.25) is 5.02 Å². The molecule has 2 aromatic carbocycles. The van der Waals surface area contributed by atoms with Crippen LogP contribution in [0.1, 0.15) is 5.56 Å². The molecule has 4 aromatic rings. The van der Waals surface area contributed by atoms with E-state index >= 15 is 0 Å².